The lowest BCUT2D eigenvalue weighted by Gasteiger charge is -2.30. The maximum Gasteiger partial charge on any atom is 0.0715 e. The molecule has 1 aliphatic heterocycles. The van der Waals surface area contributed by atoms with Crippen molar-refractivity contribution in [3.8, 4) is 0 Å². The summed E-state index contributed by atoms with van der Waals surface area (Å²) in [4.78, 5) is 2.52. The number of likely N-dealkylation sites (tertiary alicyclic amines) is 1. The SMILES string of the molecule is CC(CN1CCCCC1)NCC(C)(C)O. The molecule has 0 aromatic rings. The van der Waals surface area contributed by atoms with E-state index in [4.69, 9.17) is 0 Å². The molecule has 1 rings (SSSR count). The van der Waals surface area contributed by atoms with Gasteiger partial charge in [0.15, 0.2) is 0 Å². The second kappa shape index (κ2) is 5.83. The third kappa shape index (κ3) is 6.13. The fraction of sp³-hybridized carbons (Fsp3) is 1.00. The molecule has 0 aromatic heterocycles. The molecule has 0 bridgehead atoms. The van der Waals surface area contributed by atoms with Crippen molar-refractivity contribution in [3.63, 3.8) is 0 Å². The Kier molecular flexibility index (Phi) is 5.03. The Balaban J connectivity index is 2.14. The molecule has 0 aromatic carbocycles. The fourth-order valence-electron chi connectivity index (χ4n) is 2.02. The molecule has 90 valence electrons. The minimum atomic E-state index is -0.601. The lowest BCUT2D eigenvalue weighted by atomic mass is 10.1. The number of hydrogen-bond donors (Lipinski definition) is 2. The topological polar surface area (TPSA) is 35.5 Å². The van der Waals surface area contributed by atoms with Gasteiger partial charge in [-0.1, -0.05) is 6.42 Å². The molecule has 2 N–H and O–H groups in total. The molecule has 0 amide bonds. The normalized spacial score (nSPS) is 21.6. The van der Waals surface area contributed by atoms with Crippen molar-refractivity contribution >= 4 is 0 Å². The second-order valence-electron chi connectivity index (χ2n) is 5.46. The smallest absolute Gasteiger partial charge is 0.0715 e. The van der Waals surface area contributed by atoms with Gasteiger partial charge in [0.25, 0.3) is 0 Å². The van der Waals surface area contributed by atoms with E-state index in [9.17, 15) is 5.11 Å². The molecule has 0 spiro atoms. The van der Waals surface area contributed by atoms with E-state index in [1.165, 1.54) is 32.4 Å². The van der Waals surface area contributed by atoms with E-state index in [-0.39, 0.29) is 0 Å². The van der Waals surface area contributed by atoms with Gasteiger partial charge in [0.2, 0.25) is 0 Å². The molecule has 1 atom stereocenters. The van der Waals surface area contributed by atoms with Gasteiger partial charge in [-0.2, -0.15) is 0 Å². The zero-order valence-electron chi connectivity index (χ0n) is 10.4. The second-order valence-corrected chi connectivity index (χ2v) is 5.46. The fourth-order valence-corrected chi connectivity index (χ4v) is 2.02. The molecule has 15 heavy (non-hydrogen) atoms. The van der Waals surface area contributed by atoms with Crippen LogP contribution in [0.2, 0.25) is 0 Å². The lowest BCUT2D eigenvalue weighted by molar-refractivity contribution is 0.0744. The largest absolute Gasteiger partial charge is 0.389 e. The Labute approximate surface area is 93.9 Å². The summed E-state index contributed by atoms with van der Waals surface area (Å²) >= 11 is 0. The first-order valence-corrected chi connectivity index (χ1v) is 6.15. The molecule has 1 heterocycles. The van der Waals surface area contributed by atoms with E-state index in [0.717, 1.165) is 6.54 Å². The number of rotatable bonds is 5. The molecular formula is C12H26N2O. The molecular weight excluding hydrogens is 188 g/mol. The lowest BCUT2D eigenvalue weighted by Crippen LogP contribution is -2.45. The predicted octanol–water partition coefficient (Wildman–Crippen LogP) is 1.22. The molecule has 0 aliphatic carbocycles. The van der Waals surface area contributed by atoms with Crippen LogP contribution >= 0.6 is 0 Å². The van der Waals surface area contributed by atoms with Gasteiger partial charge in [-0.25, -0.2) is 0 Å². The zero-order chi connectivity index (χ0) is 11.3. The van der Waals surface area contributed by atoms with Gasteiger partial charge in [0.05, 0.1) is 5.60 Å². The maximum absolute atomic E-state index is 9.60. The Morgan fingerprint density at radius 2 is 1.87 bits per heavy atom. The Morgan fingerprint density at radius 1 is 1.27 bits per heavy atom. The van der Waals surface area contributed by atoms with E-state index in [2.05, 4.69) is 17.1 Å². The van der Waals surface area contributed by atoms with Crippen molar-refractivity contribution in [2.75, 3.05) is 26.2 Å². The Morgan fingerprint density at radius 3 is 2.40 bits per heavy atom. The average molecular weight is 214 g/mol. The van der Waals surface area contributed by atoms with Crippen molar-refractivity contribution in [2.45, 2.75) is 51.7 Å². The van der Waals surface area contributed by atoms with Crippen molar-refractivity contribution in [1.29, 1.82) is 0 Å². The standard InChI is InChI=1S/C12H26N2O/c1-11(13-10-12(2,3)15)9-14-7-5-4-6-8-14/h11,13,15H,4-10H2,1-3H3. The van der Waals surface area contributed by atoms with Gasteiger partial charge in [-0.3, -0.25) is 0 Å². The number of nitrogens with one attached hydrogen (secondary N) is 1. The van der Waals surface area contributed by atoms with Crippen LogP contribution in [0.3, 0.4) is 0 Å². The van der Waals surface area contributed by atoms with Crippen LogP contribution in [0.25, 0.3) is 0 Å². The third-order valence-corrected chi connectivity index (χ3v) is 2.86. The van der Waals surface area contributed by atoms with Crippen LogP contribution in [0.15, 0.2) is 0 Å². The summed E-state index contributed by atoms with van der Waals surface area (Å²) in [7, 11) is 0. The molecule has 0 radical (unpaired) electrons. The predicted molar refractivity (Wildman–Crippen MR) is 64.1 cm³/mol. The molecule has 0 saturated carbocycles. The molecule has 3 nitrogen and oxygen atoms in total. The summed E-state index contributed by atoms with van der Waals surface area (Å²) in [6.45, 7) is 10.1. The van der Waals surface area contributed by atoms with Crippen LogP contribution in [0, 0.1) is 0 Å². The summed E-state index contributed by atoms with van der Waals surface area (Å²) in [6.07, 6.45) is 4.08. The van der Waals surface area contributed by atoms with Crippen LogP contribution in [0.4, 0.5) is 0 Å². The summed E-state index contributed by atoms with van der Waals surface area (Å²) in [5.41, 5.74) is -0.601. The number of hydrogen-bond acceptors (Lipinski definition) is 3. The number of aliphatic hydroxyl groups is 1. The minimum absolute atomic E-state index is 0.467. The van der Waals surface area contributed by atoms with Gasteiger partial charge in [-0.05, 0) is 46.7 Å². The van der Waals surface area contributed by atoms with Crippen LogP contribution in [-0.4, -0.2) is 47.8 Å². The quantitative estimate of drug-likeness (QED) is 0.722. The number of piperidine rings is 1. The monoisotopic (exact) mass is 214 g/mol. The summed E-state index contributed by atoms with van der Waals surface area (Å²) in [5.74, 6) is 0. The Hall–Kier alpha value is -0.120. The van der Waals surface area contributed by atoms with Crippen LogP contribution < -0.4 is 5.32 Å². The van der Waals surface area contributed by atoms with E-state index in [0.29, 0.717) is 12.6 Å². The van der Waals surface area contributed by atoms with Crippen LogP contribution in [0.1, 0.15) is 40.0 Å². The van der Waals surface area contributed by atoms with E-state index >= 15 is 0 Å². The van der Waals surface area contributed by atoms with Crippen molar-refractivity contribution in [1.82, 2.24) is 10.2 Å². The van der Waals surface area contributed by atoms with Gasteiger partial charge in [-0.15, -0.1) is 0 Å². The maximum atomic E-state index is 9.60. The van der Waals surface area contributed by atoms with Crippen molar-refractivity contribution in [2.24, 2.45) is 0 Å². The highest BCUT2D eigenvalue weighted by Crippen LogP contribution is 2.09. The molecule has 3 heteroatoms. The van der Waals surface area contributed by atoms with E-state index in [1.54, 1.807) is 0 Å². The first-order valence-electron chi connectivity index (χ1n) is 6.15. The van der Waals surface area contributed by atoms with Gasteiger partial charge < -0.3 is 15.3 Å². The highest BCUT2D eigenvalue weighted by Gasteiger charge is 2.16. The number of nitrogens with zero attached hydrogens (tertiary/aromatic N) is 1. The average Bonchev–Trinajstić information content (AvgIpc) is 2.15. The highest BCUT2D eigenvalue weighted by molar-refractivity contribution is 4.75. The molecule has 1 saturated heterocycles. The van der Waals surface area contributed by atoms with Gasteiger partial charge >= 0.3 is 0 Å². The first-order chi connectivity index (χ1) is 6.97. The van der Waals surface area contributed by atoms with E-state index < -0.39 is 5.60 Å². The molecule has 1 fully saturated rings. The van der Waals surface area contributed by atoms with Gasteiger partial charge in [0.1, 0.15) is 0 Å². The third-order valence-electron chi connectivity index (χ3n) is 2.86. The summed E-state index contributed by atoms with van der Waals surface area (Å²) in [5, 5.41) is 13.0. The van der Waals surface area contributed by atoms with E-state index in [1.807, 2.05) is 13.8 Å². The van der Waals surface area contributed by atoms with Crippen LogP contribution in [-0.2, 0) is 0 Å². The minimum Gasteiger partial charge on any atom is -0.389 e. The Bertz CT molecular complexity index is 171. The highest BCUT2D eigenvalue weighted by atomic mass is 16.3. The first kappa shape index (κ1) is 12.9. The van der Waals surface area contributed by atoms with Crippen molar-refractivity contribution in [3.05, 3.63) is 0 Å². The van der Waals surface area contributed by atoms with Crippen LogP contribution in [0.5, 0.6) is 0 Å². The molecule has 1 unspecified atom stereocenters. The van der Waals surface area contributed by atoms with Crippen molar-refractivity contribution < 1.29 is 5.11 Å². The molecule has 1 aliphatic rings. The summed E-state index contributed by atoms with van der Waals surface area (Å²) in [6, 6.07) is 0.467. The van der Waals surface area contributed by atoms with Gasteiger partial charge in [0, 0.05) is 19.1 Å². The summed E-state index contributed by atoms with van der Waals surface area (Å²) < 4.78 is 0. The zero-order valence-corrected chi connectivity index (χ0v) is 10.4.